The number of anilines is 1. The van der Waals surface area contributed by atoms with Gasteiger partial charge >= 0.3 is 0 Å². The molecule has 0 saturated heterocycles. The summed E-state index contributed by atoms with van der Waals surface area (Å²) in [4.78, 5) is 4.16. The van der Waals surface area contributed by atoms with E-state index in [1.54, 1.807) is 29.7 Å². The topological polar surface area (TPSA) is 48.7 Å². The van der Waals surface area contributed by atoms with E-state index in [2.05, 4.69) is 10.3 Å². The van der Waals surface area contributed by atoms with Crippen LogP contribution >= 0.6 is 22.9 Å². The van der Waals surface area contributed by atoms with Gasteiger partial charge in [-0.05, 0) is 18.2 Å². The average molecular weight is 250 g/mol. The number of thiazole rings is 1. The van der Waals surface area contributed by atoms with Crippen LogP contribution in [-0.2, 0) is 6.54 Å². The van der Waals surface area contributed by atoms with Crippen LogP contribution in [-0.4, -0.2) is 4.98 Å². The Bertz CT molecular complexity index is 517. The number of benzene rings is 1. The molecule has 2 rings (SSSR count). The average Bonchev–Trinajstić information content (AvgIpc) is 2.79. The van der Waals surface area contributed by atoms with Crippen molar-refractivity contribution in [3.8, 4) is 6.07 Å². The van der Waals surface area contributed by atoms with Crippen LogP contribution < -0.4 is 5.32 Å². The molecule has 0 unspecified atom stereocenters. The lowest BCUT2D eigenvalue weighted by molar-refractivity contribution is 1.10. The van der Waals surface area contributed by atoms with Crippen LogP contribution in [0.2, 0.25) is 5.02 Å². The van der Waals surface area contributed by atoms with E-state index in [1.165, 1.54) is 0 Å². The van der Waals surface area contributed by atoms with Crippen LogP contribution in [0.25, 0.3) is 0 Å². The zero-order chi connectivity index (χ0) is 11.4. The van der Waals surface area contributed by atoms with E-state index in [0.717, 1.165) is 10.7 Å². The Morgan fingerprint density at radius 3 is 3.00 bits per heavy atom. The Hall–Kier alpha value is -1.57. The number of nitrogens with one attached hydrogen (secondary N) is 1. The first-order valence-electron chi connectivity index (χ1n) is 4.61. The number of aromatic nitrogens is 1. The predicted molar refractivity (Wildman–Crippen MR) is 65.6 cm³/mol. The quantitative estimate of drug-likeness (QED) is 0.908. The molecule has 0 radical (unpaired) electrons. The Labute approximate surface area is 102 Å². The van der Waals surface area contributed by atoms with Crippen LogP contribution in [0.15, 0.2) is 29.8 Å². The van der Waals surface area contributed by atoms with Crippen LogP contribution in [0.3, 0.4) is 0 Å². The minimum Gasteiger partial charge on any atom is -0.378 e. The fourth-order valence-electron chi connectivity index (χ4n) is 1.23. The van der Waals surface area contributed by atoms with Crippen molar-refractivity contribution in [2.45, 2.75) is 6.54 Å². The minimum absolute atomic E-state index is 0.464. The second kappa shape index (κ2) is 4.97. The predicted octanol–water partition coefficient (Wildman–Crippen LogP) is 3.28. The van der Waals surface area contributed by atoms with Crippen molar-refractivity contribution >= 4 is 28.6 Å². The molecule has 0 bridgehead atoms. The van der Waals surface area contributed by atoms with Crippen molar-refractivity contribution in [3.05, 3.63) is 45.4 Å². The highest BCUT2D eigenvalue weighted by molar-refractivity contribution is 7.09. The van der Waals surface area contributed by atoms with Crippen molar-refractivity contribution in [3.63, 3.8) is 0 Å². The van der Waals surface area contributed by atoms with Gasteiger partial charge in [0.2, 0.25) is 0 Å². The summed E-state index contributed by atoms with van der Waals surface area (Å²) in [6.45, 7) is 0.667. The fraction of sp³-hybridized carbons (Fsp3) is 0.0909. The molecule has 16 heavy (non-hydrogen) atoms. The molecule has 1 aromatic carbocycles. The monoisotopic (exact) mass is 249 g/mol. The van der Waals surface area contributed by atoms with Gasteiger partial charge in [0.15, 0.2) is 0 Å². The summed E-state index contributed by atoms with van der Waals surface area (Å²) < 4.78 is 0. The van der Waals surface area contributed by atoms with Gasteiger partial charge in [0.1, 0.15) is 11.1 Å². The Balaban J connectivity index is 2.06. The molecule has 5 heteroatoms. The van der Waals surface area contributed by atoms with Crippen LogP contribution in [0, 0.1) is 11.3 Å². The van der Waals surface area contributed by atoms with Crippen molar-refractivity contribution in [1.29, 1.82) is 5.26 Å². The second-order valence-electron chi connectivity index (χ2n) is 3.09. The van der Waals surface area contributed by atoms with Gasteiger partial charge in [-0.15, -0.1) is 11.3 Å². The van der Waals surface area contributed by atoms with E-state index in [0.29, 0.717) is 17.1 Å². The summed E-state index contributed by atoms with van der Waals surface area (Å²) in [5.41, 5.74) is 1.38. The Morgan fingerprint density at radius 1 is 1.50 bits per heavy atom. The van der Waals surface area contributed by atoms with E-state index < -0.39 is 0 Å². The zero-order valence-electron chi connectivity index (χ0n) is 8.27. The molecule has 1 aromatic heterocycles. The Morgan fingerprint density at radius 2 is 2.38 bits per heavy atom. The summed E-state index contributed by atoms with van der Waals surface area (Å²) in [5, 5.41) is 15.3. The number of hydrogen-bond acceptors (Lipinski definition) is 4. The third-order valence-electron chi connectivity index (χ3n) is 2.02. The molecule has 2 aromatic rings. The molecule has 0 aliphatic rings. The van der Waals surface area contributed by atoms with E-state index >= 15 is 0 Å². The fourth-order valence-corrected chi connectivity index (χ4v) is 2.01. The maximum Gasteiger partial charge on any atom is 0.112 e. The first-order valence-corrected chi connectivity index (χ1v) is 5.87. The zero-order valence-corrected chi connectivity index (χ0v) is 9.85. The highest BCUT2D eigenvalue weighted by atomic mass is 35.5. The molecule has 0 amide bonds. The Kier molecular flexibility index (Phi) is 3.40. The molecule has 1 N–H and O–H groups in total. The molecule has 0 atom stereocenters. The molecule has 3 nitrogen and oxygen atoms in total. The van der Waals surface area contributed by atoms with Gasteiger partial charge in [-0.25, -0.2) is 4.98 Å². The van der Waals surface area contributed by atoms with E-state index in [4.69, 9.17) is 16.9 Å². The first-order chi connectivity index (χ1) is 7.79. The third-order valence-corrected chi connectivity index (χ3v) is 3.11. The van der Waals surface area contributed by atoms with E-state index in [-0.39, 0.29) is 0 Å². The number of nitriles is 1. The van der Waals surface area contributed by atoms with Crippen molar-refractivity contribution in [1.82, 2.24) is 4.98 Å². The molecular formula is C11H8ClN3S. The normalized spacial score (nSPS) is 9.75. The molecule has 0 saturated carbocycles. The summed E-state index contributed by atoms with van der Waals surface area (Å²) in [7, 11) is 0. The molecule has 1 heterocycles. The molecular weight excluding hydrogens is 242 g/mol. The first kappa shape index (κ1) is 10.9. The standard InChI is InChI=1S/C11H8ClN3S/c12-10-5-9(2-1-8(10)6-13)15-7-11-14-3-4-16-11/h1-5,15H,7H2. The maximum atomic E-state index is 8.73. The molecule has 80 valence electrons. The summed E-state index contributed by atoms with van der Waals surface area (Å²) >= 11 is 7.51. The smallest absolute Gasteiger partial charge is 0.112 e. The number of rotatable bonds is 3. The maximum absolute atomic E-state index is 8.73. The van der Waals surface area contributed by atoms with Crippen molar-refractivity contribution in [2.24, 2.45) is 0 Å². The summed E-state index contributed by atoms with van der Waals surface area (Å²) in [6, 6.07) is 7.30. The summed E-state index contributed by atoms with van der Waals surface area (Å²) in [6.07, 6.45) is 1.77. The minimum atomic E-state index is 0.464. The van der Waals surface area contributed by atoms with Gasteiger partial charge in [-0.1, -0.05) is 11.6 Å². The molecule has 0 fully saturated rings. The third kappa shape index (κ3) is 2.51. The van der Waals surface area contributed by atoms with Gasteiger partial charge in [-0.3, -0.25) is 0 Å². The molecule has 0 aliphatic carbocycles. The lowest BCUT2D eigenvalue weighted by atomic mass is 10.2. The summed E-state index contributed by atoms with van der Waals surface area (Å²) in [5.74, 6) is 0. The molecule has 0 aliphatic heterocycles. The van der Waals surface area contributed by atoms with Gasteiger partial charge in [0.05, 0.1) is 17.1 Å². The highest BCUT2D eigenvalue weighted by Crippen LogP contribution is 2.20. The van der Waals surface area contributed by atoms with Crippen molar-refractivity contribution < 1.29 is 0 Å². The number of nitrogens with zero attached hydrogens (tertiary/aromatic N) is 2. The van der Waals surface area contributed by atoms with Crippen LogP contribution in [0.4, 0.5) is 5.69 Å². The number of hydrogen-bond donors (Lipinski definition) is 1. The van der Waals surface area contributed by atoms with Crippen molar-refractivity contribution in [2.75, 3.05) is 5.32 Å². The van der Waals surface area contributed by atoms with Gasteiger partial charge in [0, 0.05) is 17.3 Å². The van der Waals surface area contributed by atoms with Gasteiger partial charge < -0.3 is 5.32 Å². The second-order valence-corrected chi connectivity index (χ2v) is 4.47. The lowest BCUT2D eigenvalue weighted by Crippen LogP contribution is -1.98. The largest absolute Gasteiger partial charge is 0.378 e. The van der Waals surface area contributed by atoms with Crippen LogP contribution in [0.5, 0.6) is 0 Å². The van der Waals surface area contributed by atoms with Gasteiger partial charge in [0.25, 0.3) is 0 Å². The van der Waals surface area contributed by atoms with E-state index in [1.807, 2.05) is 17.5 Å². The lowest BCUT2D eigenvalue weighted by Gasteiger charge is -2.05. The highest BCUT2D eigenvalue weighted by Gasteiger charge is 2.01. The molecule has 0 spiro atoms. The SMILES string of the molecule is N#Cc1ccc(NCc2nccs2)cc1Cl. The number of halogens is 1. The van der Waals surface area contributed by atoms with Gasteiger partial charge in [-0.2, -0.15) is 5.26 Å². The van der Waals surface area contributed by atoms with E-state index in [9.17, 15) is 0 Å². The van der Waals surface area contributed by atoms with Crippen LogP contribution in [0.1, 0.15) is 10.6 Å².